The van der Waals surface area contributed by atoms with Crippen molar-refractivity contribution in [2.24, 2.45) is 0 Å². The van der Waals surface area contributed by atoms with Gasteiger partial charge >= 0.3 is 0 Å². The van der Waals surface area contributed by atoms with Crippen molar-refractivity contribution in [2.45, 2.75) is 6.92 Å². The number of nitrogens with zero attached hydrogens (tertiary/aromatic N) is 3. The van der Waals surface area contributed by atoms with Gasteiger partial charge in [0.05, 0.1) is 27.8 Å². The van der Waals surface area contributed by atoms with Crippen LogP contribution in [-0.2, 0) is 0 Å². The third kappa shape index (κ3) is 3.33. The van der Waals surface area contributed by atoms with Gasteiger partial charge in [-0.05, 0) is 79.7 Å². The predicted octanol–water partition coefficient (Wildman–Crippen LogP) is 9.25. The standard InChI is InChI=1S/C36H25N3/c1-24-14-17-34-29(21-24)30-22-25(32-12-7-8-20-37-32)15-18-35(30)39(34)27-16-19-36-31(23-27)28-11-5-6-13-33(28)38(36)26-9-3-2-4-10-26/h2-23H,1H3. The lowest BCUT2D eigenvalue weighted by Crippen LogP contribution is -1.95. The van der Waals surface area contributed by atoms with Gasteiger partial charge in [0.1, 0.15) is 0 Å². The molecule has 0 radical (unpaired) electrons. The Balaban J connectivity index is 1.42. The van der Waals surface area contributed by atoms with Crippen LogP contribution in [0.5, 0.6) is 0 Å². The van der Waals surface area contributed by atoms with Crippen LogP contribution in [0.3, 0.4) is 0 Å². The van der Waals surface area contributed by atoms with Gasteiger partial charge in [0, 0.05) is 44.7 Å². The highest BCUT2D eigenvalue weighted by Crippen LogP contribution is 2.38. The first-order valence-electron chi connectivity index (χ1n) is 13.3. The van der Waals surface area contributed by atoms with E-state index in [9.17, 15) is 0 Å². The molecule has 0 saturated heterocycles. The predicted molar refractivity (Wildman–Crippen MR) is 163 cm³/mol. The zero-order chi connectivity index (χ0) is 25.9. The number of hydrogen-bond acceptors (Lipinski definition) is 1. The number of aryl methyl sites for hydroxylation is 1. The summed E-state index contributed by atoms with van der Waals surface area (Å²) in [6.07, 6.45) is 1.86. The van der Waals surface area contributed by atoms with Crippen molar-refractivity contribution >= 4 is 43.6 Å². The second kappa shape index (κ2) is 8.44. The summed E-state index contributed by atoms with van der Waals surface area (Å²) in [6.45, 7) is 2.16. The second-order valence-electron chi connectivity index (χ2n) is 10.2. The monoisotopic (exact) mass is 499 g/mol. The highest BCUT2D eigenvalue weighted by atomic mass is 15.0. The number of pyridine rings is 1. The molecular formula is C36H25N3. The minimum atomic E-state index is 0.989. The van der Waals surface area contributed by atoms with Crippen molar-refractivity contribution in [1.29, 1.82) is 0 Å². The van der Waals surface area contributed by atoms with E-state index in [0.29, 0.717) is 0 Å². The Hall–Kier alpha value is -5.15. The number of aromatic nitrogens is 3. The Morgan fingerprint density at radius 2 is 1.10 bits per heavy atom. The highest BCUT2D eigenvalue weighted by Gasteiger charge is 2.17. The molecule has 0 saturated carbocycles. The number of benzene rings is 5. The molecule has 0 aliphatic heterocycles. The van der Waals surface area contributed by atoms with E-state index >= 15 is 0 Å². The quantitative estimate of drug-likeness (QED) is 0.237. The van der Waals surface area contributed by atoms with Gasteiger partial charge in [-0.25, -0.2) is 0 Å². The van der Waals surface area contributed by atoms with E-state index in [0.717, 1.165) is 16.9 Å². The summed E-state index contributed by atoms with van der Waals surface area (Å²) in [5.74, 6) is 0. The molecule has 3 nitrogen and oxygen atoms in total. The summed E-state index contributed by atoms with van der Waals surface area (Å²) < 4.78 is 4.77. The van der Waals surface area contributed by atoms with Gasteiger partial charge in [-0.2, -0.15) is 0 Å². The Morgan fingerprint density at radius 1 is 0.462 bits per heavy atom. The largest absolute Gasteiger partial charge is 0.309 e. The van der Waals surface area contributed by atoms with E-state index in [-0.39, 0.29) is 0 Å². The van der Waals surface area contributed by atoms with Crippen molar-refractivity contribution in [2.75, 3.05) is 0 Å². The third-order valence-corrected chi connectivity index (χ3v) is 7.81. The maximum Gasteiger partial charge on any atom is 0.0702 e. The maximum atomic E-state index is 4.60. The molecule has 39 heavy (non-hydrogen) atoms. The molecule has 5 aromatic carbocycles. The zero-order valence-corrected chi connectivity index (χ0v) is 21.5. The molecule has 0 atom stereocenters. The molecule has 8 rings (SSSR count). The minimum Gasteiger partial charge on any atom is -0.309 e. The van der Waals surface area contributed by atoms with Crippen LogP contribution in [0.2, 0.25) is 0 Å². The van der Waals surface area contributed by atoms with E-state index in [1.165, 1.54) is 54.9 Å². The smallest absolute Gasteiger partial charge is 0.0702 e. The average Bonchev–Trinajstić information content (AvgIpc) is 3.50. The third-order valence-electron chi connectivity index (χ3n) is 7.81. The average molecular weight is 500 g/mol. The van der Waals surface area contributed by atoms with Crippen LogP contribution in [-0.4, -0.2) is 14.1 Å². The molecule has 3 heteroatoms. The molecule has 0 fully saturated rings. The first-order chi connectivity index (χ1) is 19.3. The van der Waals surface area contributed by atoms with Crippen LogP contribution in [0.1, 0.15) is 5.56 Å². The van der Waals surface area contributed by atoms with Crippen LogP contribution in [0.15, 0.2) is 134 Å². The summed E-state index contributed by atoms with van der Waals surface area (Å²) in [4.78, 5) is 4.60. The maximum absolute atomic E-state index is 4.60. The number of fused-ring (bicyclic) bond motifs is 6. The summed E-state index contributed by atoms with van der Waals surface area (Å²) in [7, 11) is 0. The van der Waals surface area contributed by atoms with E-state index < -0.39 is 0 Å². The van der Waals surface area contributed by atoms with Crippen LogP contribution in [0.25, 0.3) is 66.2 Å². The molecule has 3 aromatic heterocycles. The fraction of sp³-hybridized carbons (Fsp3) is 0.0278. The van der Waals surface area contributed by atoms with Crippen molar-refractivity contribution in [1.82, 2.24) is 14.1 Å². The van der Waals surface area contributed by atoms with E-state index in [2.05, 4.69) is 136 Å². The normalized spacial score (nSPS) is 11.7. The summed E-state index contributed by atoms with van der Waals surface area (Å²) in [5.41, 5.74) is 10.5. The van der Waals surface area contributed by atoms with E-state index in [1.54, 1.807) is 0 Å². The van der Waals surface area contributed by atoms with Gasteiger partial charge in [-0.15, -0.1) is 0 Å². The van der Waals surface area contributed by atoms with Crippen molar-refractivity contribution in [3.05, 3.63) is 139 Å². The van der Waals surface area contributed by atoms with Crippen molar-refractivity contribution in [3.8, 4) is 22.6 Å². The molecule has 0 bridgehead atoms. The molecular weight excluding hydrogens is 474 g/mol. The van der Waals surface area contributed by atoms with Crippen LogP contribution in [0, 0.1) is 6.92 Å². The lowest BCUT2D eigenvalue weighted by atomic mass is 10.1. The summed E-state index contributed by atoms with van der Waals surface area (Å²) in [5, 5.41) is 5.00. The molecule has 8 aromatic rings. The molecule has 3 heterocycles. The topological polar surface area (TPSA) is 22.8 Å². The van der Waals surface area contributed by atoms with Gasteiger partial charge in [0.15, 0.2) is 0 Å². The number of para-hydroxylation sites is 2. The van der Waals surface area contributed by atoms with Crippen molar-refractivity contribution in [3.63, 3.8) is 0 Å². The van der Waals surface area contributed by atoms with Gasteiger partial charge < -0.3 is 9.13 Å². The molecule has 0 aliphatic carbocycles. The molecule has 0 spiro atoms. The number of hydrogen-bond donors (Lipinski definition) is 0. The first-order valence-corrected chi connectivity index (χ1v) is 13.3. The van der Waals surface area contributed by atoms with Gasteiger partial charge in [0.2, 0.25) is 0 Å². The molecule has 184 valence electrons. The Bertz CT molecular complexity index is 2170. The van der Waals surface area contributed by atoms with E-state index in [1.807, 2.05) is 18.3 Å². The van der Waals surface area contributed by atoms with Gasteiger partial charge in [-0.3, -0.25) is 4.98 Å². The summed E-state index contributed by atoms with van der Waals surface area (Å²) in [6, 6.07) is 45.7. The fourth-order valence-electron chi connectivity index (χ4n) is 6.06. The Labute approximate surface area is 226 Å². The van der Waals surface area contributed by atoms with Crippen LogP contribution in [0.4, 0.5) is 0 Å². The molecule has 0 amide bonds. The lowest BCUT2D eigenvalue weighted by Gasteiger charge is -2.10. The Morgan fingerprint density at radius 3 is 1.92 bits per heavy atom. The highest BCUT2D eigenvalue weighted by molar-refractivity contribution is 6.12. The zero-order valence-electron chi connectivity index (χ0n) is 21.5. The Kier molecular flexibility index (Phi) is 4.74. The number of rotatable bonds is 3. The second-order valence-corrected chi connectivity index (χ2v) is 10.2. The van der Waals surface area contributed by atoms with Crippen LogP contribution >= 0.6 is 0 Å². The fourth-order valence-corrected chi connectivity index (χ4v) is 6.06. The lowest BCUT2D eigenvalue weighted by molar-refractivity contribution is 1.16. The first kappa shape index (κ1) is 21.9. The molecule has 0 unspecified atom stereocenters. The van der Waals surface area contributed by atoms with Gasteiger partial charge in [0.25, 0.3) is 0 Å². The molecule has 0 N–H and O–H groups in total. The molecule has 0 aliphatic rings. The van der Waals surface area contributed by atoms with Crippen LogP contribution < -0.4 is 0 Å². The SMILES string of the molecule is Cc1ccc2c(c1)c1cc(-c3ccccn3)ccc1n2-c1ccc2c(c1)c1ccccc1n2-c1ccccc1. The van der Waals surface area contributed by atoms with Crippen molar-refractivity contribution < 1.29 is 0 Å². The van der Waals surface area contributed by atoms with E-state index in [4.69, 9.17) is 0 Å². The minimum absolute atomic E-state index is 0.989. The summed E-state index contributed by atoms with van der Waals surface area (Å²) >= 11 is 0. The van der Waals surface area contributed by atoms with Gasteiger partial charge in [-0.1, -0.05) is 60.2 Å².